The summed E-state index contributed by atoms with van der Waals surface area (Å²) < 4.78 is 0. The number of nitrogen functional groups attached to an aromatic ring is 1. The van der Waals surface area contributed by atoms with Gasteiger partial charge in [-0.3, -0.25) is 4.79 Å². The van der Waals surface area contributed by atoms with Crippen LogP contribution in [0, 0.1) is 0 Å². The predicted molar refractivity (Wildman–Crippen MR) is 62.1 cm³/mol. The summed E-state index contributed by atoms with van der Waals surface area (Å²) in [7, 11) is 0. The lowest BCUT2D eigenvalue weighted by molar-refractivity contribution is 1.03. The maximum Gasteiger partial charge on any atom is 0.304 e. The summed E-state index contributed by atoms with van der Waals surface area (Å²) in [6.07, 6.45) is 1.40. The number of hydrogen-bond donors (Lipinski definition) is 4. The number of nitrogens with zero attached hydrogens (tertiary/aromatic N) is 2. The van der Waals surface area contributed by atoms with Crippen molar-refractivity contribution >= 4 is 23.0 Å². The molecule has 0 radical (unpaired) electrons. The molecule has 0 aliphatic rings. The van der Waals surface area contributed by atoms with E-state index in [1.807, 2.05) is 0 Å². The van der Waals surface area contributed by atoms with Gasteiger partial charge in [0.2, 0.25) is 0 Å². The Balaban J connectivity index is 2.01. The molecule has 0 saturated heterocycles. The molecule has 8 heteroatoms. The van der Waals surface area contributed by atoms with Gasteiger partial charge in [-0.05, 0) is 0 Å². The Morgan fingerprint density at radius 2 is 2.25 bits per heavy atom. The van der Waals surface area contributed by atoms with E-state index >= 15 is 0 Å². The predicted octanol–water partition coefficient (Wildman–Crippen LogP) is 0.124. The zero-order valence-electron chi connectivity index (χ0n) is 8.23. The van der Waals surface area contributed by atoms with Crippen LogP contribution in [-0.2, 0) is 6.54 Å². The van der Waals surface area contributed by atoms with Crippen molar-refractivity contribution in [3.8, 4) is 0 Å². The van der Waals surface area contributed by atoms with Crippen molar-refractivity contribution in [3.05, 3.63) is 33.1 Å². The molecule has 2 heterocycles. The van der Waals surface area contributed by atoms with E-state index in [0.29, 0.717) is 18.2 Å². The van der Waals surface area contributed by atoms with Crippen molar-refractivity contribution in [3.63, 3.8) is 0 Å². The first-order valence-electron chi connectivity index (χ1n) is 4.47. The molecule has 16 heavy (non-hydrogen) atoms. The SMILES string of the molecule is NNc1cc(NCc2csc(=O)[nH]2)ncn1. The van der Waals surface area contributed by atoms with E-state index in [9.17, 15) is 4.79 Å². The number of aromatic nitrogens is 3. The summed E-state index contributed by atoms with van der Waals surface area (Å²) in [5.74, 6) is 6.37. The smallest absolute Gasteiger partial charge is 0.304 e. The van der Waals surface area contributed by atoms with E-state index in [1.54, 1.807) is 11.4 Å². The van der Waals surface area contributed by atoms with Crippen LogP contribution in [0.15, 0.2) is 22.6 Å². The lowest BCUT2D eigenvalue weighted by Gasteiger charge is -2.04. The molecule has 2 rings (SSSR count). The molecule has 0 aliphatic heterocycles. The zero-order valence-corrected chi connectivity index (χ0v) is 9.04. The Morgan fingerprint density at radius 1 is 1.44 bits per heavy atom. The minimum absolute atomic E-state index is 0.0659. The van der Waals surface area contributed by atoms with E-state index in [-0.39, 0.29) is 4.87 Å². The topological polar surface area (TPSA) is 109 Å². The fraction of sp³-hybridized carbons (Fsp3) is 0.125. The largest absolute Gasteiger partial charge is 0.364 e. The van der Waals surface area contributed by atoms with Gasteiger partial charge in [-0.2, -0.15) is 0 Å². The van der Waals surface area contributed by atoms with Crippen LogP contribution < -0.4 is 21.5 Å². The molecule has 0 fully saturated rings. The Bertz CT molecular complexity index is 521. The van der Waals surface area contributed by atoms with E-state index in [0.717, 1.165) is 17.0 Å². The van der Waals surface area contributed by atoms with Gasteiger partial charge in [0.15, 0.2) is 0 Å². The van der Waals surface area contributed by atoms with E-state index < -0.39 is 0 Å². The van der Waals surface area contributed by atoms with Crippen LogP contribution in [0.1, 0.15) is 5.69 Å². The molecule has 0 aliphatic carbocycles. The molecule has 2 aromatic rings. The van der Waals surface area contributed by atoms with Gasteiger partial charge in [0.25, 0.3) is 0 Å². The Labute approximate surface area is 94.7 Å². The summed E-state index contributed by atoms with van der Waals surface area (Å²) in [6.45, 7) is 0.500. The zero-order chi connectivity index (χ0) is 11.4. The van der Waals surface area contributed by atoms with Crippen LogP contribution in [0.25, 0.3) is 0 Å². The maximum atomic E-state index is 10.9. The lowest BCUT2D eigenvalue weighted by atomic mass is 10.4. The molecule has 0 atom stereocenters. The average molecular weight is 238 g/mol. The number of thiazole rings is 1. The monoisotopic (exact) mass is 238 g/mol. The third-order valence-corrected chi connectivity index (χ3v) is 2.56. The van der Waals surface area contributed by atoms with Crippen LogP contribution in [0.2, 0.25) is 0 Å². The maximum absolute atomic E-state index is 10.9. The summed E-state index contributed by atoms with van der Waals surface area (Å²) in [5, 5.41) is 4.80. The summed E-state index contributed by atoms with van der Waals surface area (Å²) in [5.41, 5.74) is 3.24. The van der Waals surface area contributed by atoms with E-state index in [4.69, 9.17) is 5.84 Å². The third kappa shape index (κ3) is 2.55. The van der Waals surface area contributed by atoms with Crippen molar-refractivity contribution in [1.29, 1.82) is 0 Å². The minimum Gasteiger partial charge on any atom is -0.364 e. The summed E-state index contributed by atoms with van der Waals surface area (Å²) in [4.78, 5) is 21.4. The van der Waals surface area contributed by atoms with E-state index in [1.165, 1.54) is 6.33 Å². The Kier molecular flexibility index (Phi) is 3.13. The molecule has 0 spiro atoms. The second-order valence-electron chi connectivity index (χ2n) is 2.96. The number of hydrazine groups is 1. The highest BCUT2D eigenvalue weighted by molar-refractivity contribution is 7.07. The van der Waals surface area contributed by atoms with Crippen molar-refractivity contribution in [2.24, 2.45) is 5.84 Å². The van der Waals surface area contributed by atoms with Crippen LogP contribution in [0.5, 0.6) is 0 Å². The number of rotatable bonds is 4. The Morgan fingerprint density at radius 3 is 2.94 bits per heavy atom. The lowest BCUT2D eigenvalue weighted by Crippen LogP contribution is -2.10. The minimum atomic E-state index is -0.0659. The van der Waals surface area contributed by atoms with Gasteiger partial charge in [0.1, 0.15) is 18.0 Å². The highest BCUT2D eigenvalue weighted by atomic mass is 32.1. The normalized spacial score (nSPS) is 10.1. The average Bonchev–Trinajstić information content (AvgIpc) is 2.73. The van der Waals surface area contributed by atoms with Crippen LogP contribution >= 0.6 is 11.3 Å². The second kappa shape index (κ2) is 4.73. The number of aromatic amines is 1. The van der Waals surface area contributed by atoms with Gasteiger partial charge < -0.3 is 15.7 Å². The first kappa shape index (κ1) is 10.6. The quantitative estimate of drug-likeness (QED) is 0.445. The van der Waals surface area contributed by atoms with Crippen LogP contribution in [-0.4, -0.2) is 15.0 Å². The van der Waals surface area contributed by atoms with Gasteiger partial charge in [-0.15, -0.1) is 0 Å². The standard InChI is InChI=1S/C8H10N6OS/c9-14-7-1-6(11-4-12-7)10-2-5-3-16-8(15)13-5/h1,3-4H,2,9H2,(H,13,15)(H2,10,11,12,14). The van der Waals surface area contributed by atoms with Crippen molar-refractivity contribution in [2.75, 3.05) is 10.7 Å². The third-order valence-electron chi connectivity index (χ3n) is 1.85. The second-order valence-corrected chi connectivity index (χ2v) is 3.80. The van der Waals surface area contributed by atoms with Gasteiger partial charge in [0.05, 0.1) is 6.54 Å². The molecule has 0 aromatic carbocycles. The number of anilines is 2. The molecule has 0 bridgehead atoms. The molecule has 0 unspecified atom stereocenters. The van der Waals surface area contributed by atoms with Gasteiger partial charge in [-0.1, -0.05) is 11.3 Å². The molecular weight excluding hydrogens is 228 g/mol. The number of hydrogen-bond acceptors (Lipinski definition) is 7. The van der Waals surface area contributed by atoms with E-state index in [2.05, 4.69) is 25.7 Å². The van der Waals surface area contributed by atoms with Crippen LogP contribution in [0.3, 0.4) is 0 Å². The summed E-state index contributed by atoms with van der Waals surface area (Å²) in [6, 6.07) is 1.67. The number of H-pyrrole nitrogens is 1. The molecule has 0 saturated carbocycles. The molecule has 0 amide bonds. The first-order chi connectivity index (χ1) is 7.78. The molecule has 5 N–H and O–H groups in total. The van der Waals surface area contributed by atoms with Crippen molar-refractivity contribution < 1.29 is 0 Å². The summed E-state index contributed by atoms with van der Waals surface area (Å²) >= 11 is 1.13. The van der Waals surface area contributed by atoms with Gasteiger partial charge in [-0.25, -0.2) is 15.8 Å². The van der Waals surface area contributed by atoms with Gasteiger partial charge >= 0.3 is 4.87 Å². The molecular formula is C8H10N6OS. The molecule has 7 nitrogen and oxygen atoms in total. The van der Waals surface area contributed by atoms with Crippen molar-refractivity contribution in [1.82, 2.24) is 15.0 Å². The van der Waals surface area contributed by atoms with Crippen LogP contribution in [0.4, 0.5) is 11.6 Å². The van der Waals surface area contributed by atoms with Gasteiger partial charge in [0, 0.05) is 17.1 Å². The Hall–Kier alpha value is -1.93. The fourth-order valence-corrected chi connectivity index (χ4v) is 1.70. The number of nitrogens with one attached hydrogen (secondary N) is 3. The molecule has 84 valence electrons. The van der Waals surface area contributed by atoms with Crippen molar-refractivity contribution in [2.45, 2.75) is 6.54 Å². The fourth-order valence-electron chi connectivity index (χ4n) is 1.12. The molecule has 2 aromatic heterocycles. The number of nitrogens with two attached hydrogens (primary N) is 1. The highest BCUT2D eigenvalue weighted by Crippen LogP contribution is 2.08. The highest BCUT2D eigenvalue weighted by Gasteiger charge is 1.99. The first-order valence-corrected chi connectivity index (χ1v) is 5.35.